The van der Waals surface area contributed by atoms with Crippen LogP contribution < -0.4 is 5.73 Å². The second kappa shape index (κ2) is 8.28. The topological polar surface area (TPSA) is 113 Å². The molecule has 2 aliphatic heterocycles. The minimum Gasteiger partial charge on any atom is -0.369 e. The van der Waals surface area contributed by atoms with Gasteiger partial charge in [-0.25, -0.2) is 4.79 Å². The fourth-order valence-corrected chi connectivity index (χ4v) is 3.60. The number of allylic oxidation sites excluding steroid dienone is 3. The third-order valence-electron chi connectivity index (χ3n) is 5.26. The normalized spacial score (nSPS) is 22.7. The van der Waals surface area contributed by atoms with Crippen molar-refractivity contribution in [1.29, 1.82) is 0 Å². The molecule has 3 rings (SSSR count). The Morgan fingerprint density at radius 3 is 2.59 bits per heavy atom. The number of carbonyl (C=O) groups is 4. The highest BCUT2D eigenvalue weighted by Crippen LogP contribution is 2.21. The Kier molecular flexibility index (Phi) is 5.83. The number of hydrogen-bond donors (Lipinski definition) is 1. The average molecular weight is 372 g/mol. The molecule has 1 fully saturated rings. The van der Waals surface area contributed by atoms with Crippen molar-refractivity contribution >= 4 is 29.5 Å². The lowest BCUT2D eigenvalue weighted by Crippen LogP contribution is -2.46. The Balaban J connectivity index is 1.42. The highest BCUT2D eigenvalue weighted by molar-refractivity contribution is 6.21. The van der Waals surface area contributed by atoms with Crippen molar-refractivity contribution in [3.05, 3.63) is 24.3 Å². The number of nitrogens with two attached hydrogens (primary N) is 1. The maximum absolute atomic E-state index is 12.5. The molecule has 1 saturated heterocycles. The maximum atomic E-state index is 12.5. The largest absolute Gasteiger partial charge is 0.369 e. The van der Waals surface area contributed by atoms with E-state index >= 15 is 0 Å². The van der Waals surface area contributed by atoms with Crippen LogP contribution in [0.15, 0.2) is 29.3 Å². The monoisotopic (exact) mass is 372 g/mol. The molecular formula is C19H24N4O4. The van der Waals surface area contributed by atoms with Crippen LogP contribution in [0.4, 0.5) is 4.79 Å². The van der Waals surface area contributed by atoms with Gasteiger partial charge in [-0.3, -0.25) is 19.3 Å². The van der Waals surface area contributed by atoms with Crippen LogP contribution in [0.1, 0.15) is 32.1 Å². The second-order valence-electron chi connectivity index (χ2n) is 7.05. The smallest absolute Gasteiger partial charge is 0.350 e. The van der Waals surface area contributed by atoms with Crippen molar-refractivity contribution in [1.82, 2.24) is 9.80 Å². The first-order valence-electron chi connectivity index (χ1n) is 9.33. The molecule has 2 N–H and O–H groups in total. The van der Waals surface area contributed by atoms with E-state index in [4.69, 9.17) is 5.73 Å². The van der Waals surface area contributed by atoms with E-state index in [-0.39, 0.29) is 30.2 Å². The lowest BCUT2D eigenvalue weighted by molar-refractivity contribution is -0.135. The molecule has 0 spiro atoms. The number of carbonyl (C=O) groups excluding carboxylic acids is 4. The minimum absolute atomic E-state index is 0.0369. The van der Waals surface area contributed by atoms with Crippen molar-refractivity contribution in [2.24, 2.45) is 22.6 Å². The summed E-state index contributed by atoms with van der Waals surface area (Å²) >= 11 is 0. The molecule has 27 heavy (non-hydrogen) atoms. The molecule has 0 bridgehead atoms. The molecule has 3 aliphatic rings. The van der Waals surface area contributed by atoms with Crippen LogP contribution in [0.2, 0.25) is 0 Å². The summed E-state index contributed by atoms with van der Waals surface area (Å²) in [7, 11) is 0. The van der Waals surface area contributed by atoms with Gasteiger partial charge in [-0.15, -0.1) is 0 Å². The summed E-state index contributed by atoms with van der Waals surface area (Å²) in [5.74, 6) is -1.15. The van der Waals surface area contributed by atoms with E-state index < -0.39 is 11.9 Å². The SMILES string of the molecule is NC(=O)C1CCN(C(=O)CCCCN2C(=O)N=C3C=CC=CC3C2=O)CC1. The van der Waals surface area contributed by atoms with Gasteiger partial charge in [0.05, 0.1) is 11.6 Å². The first kappa shape index (κ1) is 19.0. The number of likely N-dealkylation sites (tertiary alicyclic amines) is 1. The number of aliphatic imine (C=N–C) groups is 1. The molecule has 0 radical (unpaired) electrons. The standard InChI is InChI=1S/C19H24N4O4/c20-17(25)13-8-11-22(12-9-13)16(24)7-3-4-10-23-18(26)14-5-1-2-6-15(14)21-19(23)27/h1-2,5-6,13-14H,3-4,7-12H2,(H2,20,25). The molecule has 0 aromatic heterocycles. The van der Waals surface area contributed by atoms with E-state index in [1.807, 2.05) is 0 Å². The molecule has 144 valence electrons. The minimum atomic E-state index is -0.536. The van der Waals surface area contributed by atoms with Crippen molar-refractivity contribution in [3.8, 4) is 0 Å². The molecule has 0 aromatic rings. The van der Waals surface area contributed by atoms with Crippen LogP contribution in [-0.4, -0.2) is 58.9 Å². The fourth-order valence-electron chi connectivity index (χ4n) is 3.60. The van der Waals surface area contributed by atoms with Crippen LogP contribution in [0.5, 0.6) is 0 Å². The predicted octanol–water partition coefficient (Wildman–Crippen LogP) is 1.03. The van der Waals surface area contributed by atoms with Gasteiger partial charge in [-0.1, -0.05) is 18.2 Å². The van der Waals surface area contributed by atoms with Crippen LogP contribution in [0.25, 0.3) is 0 Å². The number of fused-ring (bicyclic) bond motifs is 1. The Bertz CT molecular complexity index is 732. The number of nitrogens with zero attached hydrogens (tertiary/aromatic N) is 3. The number of amides is 5. The predicted molar refractivity (Wildman–Crippen MR) is 98.7 cm³/mol. The van der Waals surface area contributed by atoms with Gasteiger partial charge >= 0.3 is 6.03 Å². The van der Waals surface area contributed by atoms with E-state index in [1.54, 1.807) is 29.2 Å². The van der Waals surface area contributed by atoms with Crippen molar-refractivity contribution in [2.75, 3.05) is 19.6 Å². The first-order chi connectivity index (χ1) is 13.0. The summed E-state index contributed by atoms with van der Waals surface area (Å²) in [5.41, 5.74) is 5.79. The van der Waals surface area contributed by atoms with Gasteiger partial charge in [-0.05, 0) is 31.8 Å². The van der Waals surface area contributed by atoms with Gasteiger partial charge in [0.25, 0.3) is 0 Å². The van der Waals surface area contributed by atoms with Gasteiger partial charge in [0.15, 0.2) is 0 Å². The number of urea groups is 1. The van der Waals surface area contributed by atoms with Crippen molar-refractivity contribution in [3.63, 3.8) is 0 Å². The van der Waals surface area contributed by atoms with E-state index in [0.29, 0.717) is 50.9 Å². The number of hydrogen-bond acceptors (Lipinski definition) is 4. The fraction of sp³-hybridized carbons (Fsp3) is 0.526. The summed E-state index contributed by atoms with van der Waals surface area (Å²) in [6, 6.07) is -0.536. The zero-order chi connectivity index (χ0) is 19.4. The molecule has 1 aliphatic carbocycles. The molecule has 0 saturated carbocycles. The average Bonchev–Trinajstić information content (AvgIpc) is 2.67. The molecular weight excluding hydrogens is 348 g/mol. The summed E-state index contributed by atoms with van der Waals surface area (Å²) in [6.45, 7) is 1.36. The van der Waals surface area contributed by atoms with Crippen LogP contribution >= 0.6 is 0 Å². The Hall–Kier alpha value is -2.77. The van der Waals surface area contributed by atoms with Gasteiger partial charge in [0.1, 0.15) is 0 Å². The van der Waals surface area contributed by atoms with Crippen LogP contribution in [-0.2, 0) is 14.4 Å². The third-order valence-corrected chi connectivity index (χ3v) is 5.26. The lowest BCUT2D eigenvalue weighted by atomic mass is 9.95. The molecule has 8 heteroatoms. The number of rotatable bonds is 6. The molecule has 2 heterocycles. The molecule has 5 amide bonds. The Morgan fingerprint density at radius 2 is 1.89 bits per heavy atom. The van der Waals surface area contributed by atoms with Crippen molar-refractivity contribution in [2.45, 2.75) is 32.1 Å². The number of piperidine rings is 1. The maximum Gasteiger partial charge on any atom is 0.350 e. The molecule has 1 atom stereocenters. The molecule has 8 nitrogen and oxygen atoms in total. The van der Waals surface area contributed by atoms with E-state index in [1.165, 1.54) is 4.90 Å². The Labute approximate surface area is 157 Å². The lowest BCUT2D eigenvalue weighted by Gasteiger charge is -2.31. The zero-order valence-electron chi connectivity index (χ0n) is 15.2. The number of imide groups is 1. The number of unbranched alkanes of at least 4 members (excludes halogenated alkanes) is 1. The van der Waals surface area contributed by atoms with Crippen LogP contribution in [0, 0.1) is 11.8 Å². The Morgan fingerprint density at radius 1 is 1.15 bits per heavy atom. The van der Waals surface area contributed by atoms with Gasteiger partial charge in [0, 0.05) is 32.0 Å². The van der Waals surface area contributed by atoms with Crippen LogP contribution in [0.3, 0.4) is 0 Å². The summed E-state index contributed by atoms with van der Waals surface area (Å²) in [6.07, 6.45) is 9.67. The van der Waals surface area contributed by atoms with E-state index in [9.17, 15) is 19.2 Å². The quantitative estimate of drug-likeness (QED) is 0.701. The van der Waals surface area contributed by atoms with Gasteiger partial charge in [-0.2, -0.15) is 4.99 Å². The second-order valence-corrected chi connectivity index (χ2v) is 7.05. The van der Waals surface area contributed by atoms with E-state index in [2.05, 4.69) is 4.99 Å². The third kappa shape index (κ3) is 4.32. The molecule has 0 aromatic carbocycles. The highest BCUT2D eigenvalue weighted by Gasteiger charge is 2.35. The summed E-state index contributed by atoms with van der Waals surface area (Å²) in [4.78, 5) is 54.9. The number of primary amides is 1. The zero-order valence-corrected chi connectivity index (χ0v) is 15.2. The van der Waals surface area contributed by atoms with Crippen molar-refractivity contribution < 1.29 is 19.2 Å². The van der Waals surface area contributed by atoms with Gasteiger partial charge in [0.2, 0.25) is 17.7 Å². The summed E-state index contributed by atoms with van der Waals surface area (Å²) < 4.78 is 0. The molecule has 1 unspecified atom stereocenters. The summed E-state index contributed by atoms with van der Waals surface area (Å²) in [5, 5.41) is 0. The first-order valence-corrected chi connectivity index (χ1v) is 9.33. The highest BCUT2D eigenvalue weighted by atomic mass is 16.2. The van der Waals surface area contributed by atoms with E-state index in [0.717, 1.165) is 0 Å². The van der Waals surface area contributed by atoms with Gasteiger partial charge < -0.3 is 10.6 Å².